The van der Waals surface area contributed by atoms with Gasteiger partial charge in [-0.25, -0.2) is 8.42 Å². The Bertz CT molecular complexity index is 1150. The molecule has 0 amide bonds. The third kappa shape index (κ3) is 4.10. The van der Waals surface area contributed by atoms with E-state index in [2.05, 4.69) is 4.74 Å². The number of hydrogen-bond donors (Lipinski definition) is 0. The number of sulfone groups is 1. The molecule has 0 saturated carbocycles. The topological polar surface area (TPSA) is 104 Å². The summed E-state index contributed by atoms with van der Waals surface area (Å²) < 4.78 is 150. The van der Waals surface area contributed by atoms with E-state index in [4.69, 9.17) is 0 Å². The van der Waals surface area contributed by atoms with Gasteiger partial charge >= 0.3 is 29.2 Å². The highest BCUT2D eigenvalue weighted by Gasteiger charge is 2.87. The summed E-state index contributed by atoms with van der Waals surface area (Å²) >= 11 is 0. The number of non-ortho nitro benzene ring substituents is 1. The molecule has 2 atom stereocenters. The van der Waals surface area contributed by atoms with Crippen LogP contribution in [-0.4, -0.2) is 53.9 Å². The molecule has 0 N–H and O–H groups in total. The highest BCUT2D eigenvalue weighted by atomic mass is 32.2. The summed E-state index contributed by atoms with van der Waals surface area (Å²) in [4.78, 5) is 22.8. The van der Waals surface area contributed by atoms with Crippen LogP contribution >= 0.6 is 0 Å². The van der Waals surface area contributed by atoms with Gasteiger partial charge in [-0.1, -0.05) is 24.3 Å². The summed E-state index contributed by atoms with van der Waals surface area (Å²) in [5.41, 5.74) is -1.01. The lowest BCUT2D eigenvalue weighted by molar-refractivity contribution is -0.384. The van der Waals surface area contributed by atoms with Crippen LogP contribution in [0.1, 0.15) is 31.2 Å². The Hall–Kier alpha value is -2.85. The Morgan fingerprint density at radius 1 is 1.03 bits per heavy atom. The number of nitrogens with zero attached hydrogens (tertiary/aromatic N) is 1. The van der Waals surface area contributed by atoms with Crippen molar-refractivity contribution < 1.29 is 62.4 Å². The van der Waals surface area contributed by atoms with Crippen molar-refractivity contribution in [2.45, 2.75) is 53.7 Å². The Morgan fingerprint density at radius 2 is 1.56 bits per heavy atom. The quantitative estimate of drug-likeness (QED) is 0.144. The van der Waals surface area contributed by atoms with Crippen LogP contribution < -0.4 is 0 Å². The van der Waals surface area contributed by atoms with Gasteiger partial charge in [0.15, 0.2) is 4.75 Å². The van der Waals surface area contributed by atoms with E-state index in [1.165, 1.54) is 0 Å². The smallest absolute Gasteiger partial charge is 0.460 e. The number of carbonyl (C=O) groups is 1. The monoisotopic (exact) mass is 557 g/mol. The van der Waals surface area contributed by atoms with E-state index >= 15 is 0 Å². The van der Waals surface area contributed by atoms with E-state index in [0.717, 1.165) is 43.3 Å². The van der Waals surface area contributed by atoms with Gasteiger partial charge < -0.3 is 4.74 Å². The average Bonchev–Trinajstić information content (AvgIpc) is 2.77. The van der Waals surface area contributed by atoms with Crippen LogP contribution in [0, 0.1) is 10.1 Å². The zero-order valence-electron chi connectivity index (χ0n) is 17.9. The second-order valence-corrected chi connectivity index (χ2v) is 9.84. The summed E-state index contributed by atoms with van der Waals surface area (Å²) in [5.74, 6) is -19.3. The van der Waals surface area contributed by atoms with Crippen LogP contribution in [0.15, 0.2) is 36.4 Å². The van der Waals surface area contributed by atoms with Gasteiger partial charge in [-0.05, 0) is 25.3 Å². The summed E-state index contributed by atoms with van der Waals surface area (Å²) in [7, 11) is -7.29. The molecule has 0 bridgehead atoms. The third-order valence-corrected chi connectivity index (χ3v) is 8.09. The minimum Gasteiger partial charge on any atom is -0.465 e. The number of rotatable bonds is 8. The second kappa shape index (κ2) is 9.23. The van der Waals surface area contributed by atoms with Crippen LogP contribution in [0.3, 0.4) is 0 Å². The molecule has 0 fully saturated rings. The summed E-state index contributed by atoms with van der Waals surface area (Å²) in [6.45, 7) is 0.343. The van der Waals surface area contributed by atoms with E-state index in [0.29, 0.717) is 0 Å². The molecule has 36 heavy (non-hydrogen) atoms. The number of allylic oxidation sites excluding steroid dienone is 2. The number of ether oxygens (including phenoxy) is 1. The molecule has 1 aliphatic rings. The fraction of sp³-hybridized carbons (Fsp3) is 0.526. The molecule has 0 saturated heterocycles. The lowest BCUT2D eigenvalue weighted by Gasteiger charge is -2.43. The van der Waals surface area contributed by atoms with E-state index < -0.39 is 85.4 Å². The van der Waals surface area contributed by atoms with Crippen molar-refractivity contribution in [1.82, 2.24) is 0 Å². The van der Waals surface area contributed by atoms with Crippen LogP contribution in [0.25, 0.3) is 0 Å². The number of nitro groups is 1. The molecule has 1 aliphatic carbocycles. The molecular formula is C19H16F9NO6S. The Kier molecular flexibility index (Phi) is 7.53. The second-order valence-electron chi connectivity index (χ2n) is 7.59. The van der Waals surface area contributed by atoms with E-state index in [1.54, 1.807) is 0 Å². The summed E-state index contributed by atoms with van der Waals surface area (Å²) in [5, 5.41) is 3.72. The number of carbonyl (C=O) groups excluding carboxylic acids is 1. The first-order valence-corrected chi connectivity index (χ1v) is 11.2. The van der Waals surface area contributed by atoms with Crippen molar-refractivity contribution in [2.75, 3.05) is 6.61 Å². The summed E-state index contributed by atoms with van der Waals surface area (Å²) in [6, 6.07) is 3.10. The normalized spacial score (nSPS) is 21.8. The van der Waals surface area contributed by atoms with Gasteiger partial charge in [0.1, 0.15) is 0 Å². The van der Waals surface area contributed by atoms with Crippen LogP contribution in [0.4, 0.5) is 45.2 Å². The maximum Gasteiger partial charge on any atom is 0.460 e. The van der Waals surface area contributed by atoms with Gasteiger partial charge in [-0.2, -0.15) is 39.5 Å². The number of nitro benzene ring substituents is 1. The maximum atomic E-state index is 14.9. The largest absolute Gasteiger partial charge is 0.465 e. The van der Waals surface area contributed by atoms with E-state index in [1.807, 2.05) is 0 Å². The van der Waals surface area contributed by atoms with E-state index in [-0.39, 0.29) is 0 Å². The van der Waals surface area contributed by atoms with Crippen molar-refractivity contribution in [2.24, 2.45) is 0 Å². The predicted octanol–water partition coefficient (Wildman–Crippen LogP) is 5.17. The van der Waals surface area contributed by atoms with Gasteiger partial charge in [0.25, 0.3) is 5.69 Å². The van der Waals surface area contributed by atoms with Crippen molar-refractivity contribution in [3.05, 3.63) is 52.1 Å². The predicted molar refractivity (Wildman–Crippen MR) is 103 cm³/mol. The van der Waals surface area contributed by atoms with Gasteiger partial charge in [0.05, 0.1) is 11.5 Å². The average molecular weight is 557 g/mol. The zero-order chi connectivity index (χ0) is 28.0. The fourth-order valence-electron chi connectivity index (χ4n) is 3.70. The molecule has 0 spiro atoms. The maximum absolute atomic E-state index is 14.9. The highest BCUT2D eigenvalue weighted by Crippen LogP contribution is 2.59. The molecule has 1 aromatic carbocycles. The molecule has 1 aromatic rings. The Balaban J connectivity index is 2.87. The van der Waals surface area contributed by atoms with Gasteiger partial charge in [-0.3, -0.25) is 14.9 Å². The van der Waals surface area contributed by atoms with Gasteiger partial charge in [0.2, 0.25) is 9.84 Å². The van der Waals surface area contributed by atoms with Crippen molar-refractivity contribution in [1.29, 1.82) is 0 Å². The molecule has 0 aliphatic heterocycles. The van der Waals surface area contributed by atoms with Gasteiger partial charge in [-0.15, -0.1) is 0 Å². The number of hydrogen-bond acceptors (Lipinski definition) is 6. The van der Waals surface area contributed by atoms with Crippen molar-refractivity contribution >= 4 is 21.5 Å². The molecule has 202 valence electrons. The molecule has 17 heteroatoms. The molecular weight excluding hydrogens is 541 g/mol. The Morgan fingerprint density at radius 3 is 2.00 bits per heavy atom. The number of alkyl halides is 9. The van der Waals surface area contributed by atoms with Crippen molar-refractivity contribution in [3.8, 4) is 0 Å². The summed E-state index contributed by atoms with van der Waals surface area (Å²) in [6.07, 6.45) is -7.48. The number of esters is 1. The first kappa shape index (κ1) is 29.4. The SMILES string of the molecule is CCOC(=O)[C@]1(S(=O)(=O)C(F)(F)C(F)(F)C(F)(F)C(F)(F)F)CC=CC[C@@H]1c1ccc([N+](=O)[O-])cc1. The molecule has 0 aromatic heterocycles. The zero-order valence-corrected chi connectivity index (χ0v) is 18.7. The number of halogens is 9. The molecule has 2 rings (SSSR count). The third-order valence-electron chi connectivity index (χ3n) is 5.58. The Labute approximate surface area is 197 Å². The van der Waals surface area contributed by atoms with Crippen LogP contribution in [0.5, 0.6) is 0 Å². The van der Waals surface area contributed by atoms with Gasteiger partial charge in [0, 0.05) is 18.1 Å². The lowest BCUT2D eigenvalue weighted by atomic mass is 9.77. The lowest BCUT2D eigenvalue weighted by Crippen LogP contribution is -2.68. The highest BCUT2D eigenvalue weighted by molar-refractivity contribution is 7.94. The fourth-order valence-corrected chi connectivity index (χ4v) is 5.82. The minimum atomic E-state index is -7.56. The molecule has 7 nitrogen and oxygen atoms in total. The molecule has 0 unspecified atom stereocenters. The van der Waals surface area contributed by atoms with E-state index in [9.17, 15) is 62.8 Å². The standard InChI is InChI=1S/C19H16F9NO6S/c1-2-35-14(30)15(10-4-3-5-13(15)11-6-8-12(9-7-11)29(31)32)36(33,34)19(27,28)17(22,23)16(20,21)18(24,25)26/h3-4,6-9,13H,2,5,10H2,1H3/t13-,15+/m1/s1. The molecule has 0 heterocycles. The van der Waals surface area contributed by atoms with Crippen LogP contribution in [0.2, 0.25) is 0 Å². The number of benzene rings is 1. The van der Waals surface area contributed by atoms with Crippen LogP contribution in [-0.2, 0) is 19.4 Å². The molecule has 0 radical (unpaired) electrons. The first-order valence-electron chi connectivity index (χ1n) is 9.75. The first-order chi connectivity index (χ1) is 16.2. The minimum absolute atomic E-state index is 0.428. The van der Waals surface area contributed by atoms with Crippen molar-refractivity contribution in [3.63, 3.8) is 0 Å².